The Balaban J connectivity index is 2.02. The van der Waals surface area contributed by atoms with Crippen LogP contribution in [0.15, 0.2) is 58.5 Å². The van der Waals surface area contributed by atoms with Crippen LogP contribution in [0.2, 0.25) is 0 Å². The maximum absolute atomic E-state index is 13.3. The highest BCUT2D eigenvalue weighted by Crippen LogP contribution is 2.21. The zero-order chi connectivity index (χ0) is 19.4. The van der Waals surface area contributed by atoms with Gasteiger partial charge < -0.3 is 5.32 Å². The number of hydrogen-bond acceptors (Lipinski definition) is 4. The first-order valence-corrected chi connectivity index (χ1v) is 9.68. The Labute approximate surface area is 160 Å². The van der Waals surface area contributed by atoms with Crippen LogP contribution in [0.25, 0.3) is 16.6 Å². The molecule has 0 spiro atoms. The highest BCUT2D eigenvalue weighted by atomic mass is 32.2. The van der Waals surface area contributed by atoms with Crippen molar-refractivity contribution in [3.63, 3.8) is 0 Å². The molecule has 1 heterocycles. The number of amides is 1. The highest BCUT2D eigenvalue weighted by Gasteiger charge is 2.15. The fourth-order valence-corrected chi connectivity index (χ4v) is 3.40. The van der Waals surface area contributed by atoms with Crippen molar-refractivity contribution in [1.82, 2.24) is 14.9 Å². The topological polar surface area (TPSA) is 64.0 Å². The molecule has 1 N–H and O–H groups in total. The normalized spacial score (nSPS) is 12.1. The van der Waals surface area contributed by atoms with Crippen LogP contribution in [-0.2, 0) is 4.79 Å². The molecule has 7 heteroatoms. The zero-order valence-electron chi connectivity index (χ0n) is 15.1. The summed E-state index contributed by atoms with van der Waals surface area (Å²) in [7, 11) is 0. The van der Waals surface area contributed by atoms with Gasteiger partial charge in [0.2, 0.25) is 5.91 Å². The number of halogens is 1. The van der Waals surface area contributed by atoms with Crippen LogP contribution < -0.4 is 10.9 Å². The van der Waals surface area contributed by atoms with Gasteiger partial charge in [-0.05, 0) is 49.7 Å². The first kappa shape index (κ1) is 19.1. The van der Waals surface area contributed by atoms with E-state index in [4.69, 9.17) is 0 Å². The molecule has 0 fully saturated rings. The number of thioether (sulfide) groups is 1. The minimum absolute atomic E-state index is 0.0851. The van der Waals surface area contributed by atoms with Gasteiger partial charge in [0.05, 0.1) is 22.3 Å². The monoisotopic (exact) mass is 385 g/mol. The molecule has 27 heavy (non-hydrogen) atoms. The molecule has 5 nitrogen and oxygen atoms in total. The predicted octanol–water partition coefficient (Wildman–Crippen LogP) is 3.53. The van der Waals surface area contributed by atoms with Gasteiger partial charge in [0, 0.05) is 6.04 Å². The molecule has 1 amide bonds. The maximum atomic E-state index is 13.3. The third kappa shape index (κ3) is 4.36. The largest absolute Gasteiger partial charge is 0.353 e. The summed E-state index contributed by atoms with van der Waals surface area (Å²) in [5, 5.41) is 3.75. The van der Waals surface area contributed by atoms with Crippen LogP contribution in [0.3, 0.4) is 0 Å². The minimum Gasteiger partial charge on any atom is -0.353 e. The van der Waals surface area contributed by atoms with Crippen LogP contribution in [-0.4, -0.2) is 27.3 Å². The Morgan fingerprint density at radius 2 is 1.93 bits per heavy atom. The molecular weight excluding hydrogens is 365 g/mol. The smallest absolute Gasteiger partial charge is 0.266 e. The quantitative estimate of drug-likeness (QED) is 0.521. The van der Waals surface area contributed by atoms with Crippen LogP contribution >= 0.6 is 11.8 Å². The van der Waals surface area contributed by atoms with Gasteiger partial charge in [-0.2, -0.15) is 0 Å². The lowest BCUT2D eigenvalue weighted by Crippen LogP contribution is -2.33. The van der Waals surface area contributed by atoms with Gasteiger partial charge in [-0.1, -0.05) is 30.8 Å². The van der Waals surface area contributed by atoms with Crippen LogP contribution in [0.1, 0.15) is 20.3 Å². The highest BCUT2D eigenvalue weighted by molar-refractivity contribution is 7.99. The Morgan fingerprint density at radius 3 is 2.63 bits per heavy atom. The number of aromatic nitrogens is 2. The summed E-state index contributed by atoms with van der Waals surface area (Å²) in [4.78, 5) is 29.7. The molecule has 140 valence electrons. The Bertz CT molecular complexity index is 1020. The fourth-order valence-electron chi connectivity index (χ4n) is 2.58. The SMILES string of the molecule is CCC(C)NC(=O)CSc1nc2ccccc2c(=O)n1-c1ccc(F)cc1. The standard InChI is InChI=1S/C20H20FN3O2S/c1-3-13(2)22-18(25)12-27-20-23-17-7-5-4-6-16(17)19(26)24(20)15-10-8-14(21)9-11-15/h4-11,13H,3,12H2,1-2H3,(H,22,25). The Kier molecular flexibility index (Phi) is 5.91. The molecule has 0 aliphatic heterocycles. The van der Waals surface area contributed by atoms with Gasteiger partial charge in [-0.3, -0.25) is 14.2 Å². The summed E-state index contributed by atoms with van der Waals surface area (Å²) in [6.07, 6.45) is 0.838. The van der Waals surface area contributed by atoms with Crippen LogP contribution in [0.5, 0.6) is 0 Å². The molecule has 0 bridgehead atoms. The molecule has 3 rings (SSSR count). The average molecular weight is 385 g/mol. The third-order valence-electron chi connectivity index (χ3n) is 4.18. The van der Waals surface area contributed by atoms with E-state index in [0.717, 1.165) is 6.42 Å². The molecule has 3 aromatic rings. The molecule has 1 atom stereocenters. The van der Waals surface area contributed by atoms with E-state index in [1.165, 1.54) is 40.6 Å². The minimum atomic E-state index is -0.386. The zero-order valence-corrected chi connectivity index (χ0v) is 15.9. The summed E-state index contributed by atoms with van der Waals surface area (Å²) in [6.45, 7) is 3.93. The maximum Gasteiger partial charge on any atom is 0.266 e. The number of hydrogen-bond donors (Lipinski definition) is 1. The van der Waals surface area contributed by atoms with E-state index in [0.29, 0.717) is 21.7 Å². The second-order valence-electron chi connectivity index (χ2n) is 6.19. The van der Waals surface area contributed by atoms with E-state index in [2.05, 4.69) is 10.3 Å². The Morgan fingerprint density at radius 1 is 1.22 bits per heavy atom. The van der Waals surface area contributed by atoms with Gasteiger partial charge in [-0.25, -0.2) is 9.37 Å². The van der Waals surface area contributed by atoms with Crippen molar-refractivity contribution in [1.29, 1.82) is 0 Å². The van der Waals surface area contributed by atoms with Crippen molar-refractivity contribution < 1.29 is 9.18 Å². The van der Waals surface area contributed by atoms with Crippen molar-refractivity contribution in [2.75, 3.05) is 5.75 Å². The lowest BCUT2D eigenvalue weighted by atomic mass is 10.2. The van der Waals surface area contributed by atoms with Crippen molar-refractivity contribution in [2.45, 2.75) is 31.5 Å². The second-order valence-corrected chi connectivity index (χ2v) is 7.14. The first-order chi connectivity index (χ1) is 13.0. The van der Waals surface area contributed by atoms with Crippen molar-refractivity contribution in [3.8, 4) is 5.69 Å². The predicted molar refractivity (Wildman–Crippen MR) is 106 cm³/mol. The van der Waals surface area contributed by atoms with Crippen LogP contribution in [0, 0.1) is 5.82 Å². The van der Waals surface area contributed by atoms with E-state index < -0.39 is 0 Å². The van der Waals surface area contributed by atoms with Crippen LogP contribution in [0.4, 0.5) is 4.39 Å². The molecule has 1 aromatic heterocycles. The third-order valence-corrected chi connectivity index (χ3v) is 5.12. The molecular formula is C20H20FN3O2S. The summed E-state index contributed by atoms with van der Waals surface area (Å²) < 4.78 is 14.7. The fraction of sp³-hybridized carbons (Fsp3) is 0.250. The molecule has 2 aromatic carbocycles. The molecule has 0 saturated heterocycles. The lowest BCUT2D eigenvalue weighted by Gasteiger charge is -2.14. The molecule has 0 saturated carbocycles. The van der Waals surface area contributed by atoms with Gasteiger partial charge in [0.25, 0.3) is 5.56 Å². The van der Waals surface area contributed by atoms with Gasteiger partial charge >= 0.3 is 0 Å². The number of nitrogens with zero attached hydrogens (tertiary/aromatic N) is 2. The summed E-state index contributed by atoms with van der Waals surface area (Å²) in [5.41, 5.74) is 0.812. The molecule has 0 radical (unpaired) electrons. The summed E-state index contributed by atoms with van der Waals surface area (Å²) >= 11 is 1.18. The number of para-hydroxylation sites is 1. The van der Waals surface area contributed by atoms with Crippen molar-refractivity contribution in [3.05, 3.63) is 64.7 Å². The summed E-state index contributed by atoms with van der Waals surface area (Å²) in [5.74, 6) is -0.374. The average Bonchev–Trinajstić information content (AvgIpc) is 2.67. The number of fused-ring (bicyclic) bond motifs is 1. The van der Waals surface area contributed by atoms with E-state index in [9.17, 15) is 14.0 Å². The van der Waals surface area contributed by atoms with Gasteiger partial charge in [0.15, 0.2) is 5.16 Å². The van der Waals surface area contributed by atoms with Crippen molar-refractivity contribution in [2.24, 2.45) is 0 Å². The molecule has 1 unspecified atom stereocenters. The Hall–Kier alpha value is -2.67. The number of rotatable bonds is 6. The lowest BCUT2D eigenvalue weighted by molar-refractivity contribution is -0.119. The molecule has 0 aliphatic rings. The molecule has 0 aliphatic carbocycles. The van der Waals surface area contributed by atoms with Crippen molar-refractivity contribution >= 4 is 28.6 Å². The van der Waals surface area contributed by atoms with Gasteiger partial charge in [0.1, 0.15) is 5.82 Å². The number of nitrogens with one attached hydrogen (secondary N) is 1. The van der Waals surface area contributed by atoms with E-state index in [1.54, 1.807) is 24.3 Å². The van der Waals surface area contributed by atoms with E-state index in [1.807, 2.05) is 13.8 Å². The van der Waals surface area contributed by atoms with Gasteiger partial charge in [-0.15, -0.1) is 0 Å². The first-order valence-electron chi connectivity index (χ1n) is 8.69. The number of carbonyl (C=O) groups is 1. The number of benzene rings is 2. The second kappa shape index (κ2) is 8.35. The number of carbonyl (C=O) groups excluding carboxylic acids is 1. The van der Waals surface area contributed by atoms with E-state index in [-0.39, 0.29) is 29.1 Å². The van der Waals surface area contributed by atoms with E-state index >= 15 is 0 Å². The summed E-state index contributed by atoms with van der Waals surface area (Å²) in [6, 6.07) is 12.8.